The third kappa shape index (κ3) is 2.80. The van der Waals surface area contributed by atoms with Crippen LogP contribution >= 0.6 is 11.6 Å². The maximum absolute atomic E-state index is 10.00. The van der Waals surface area contributed by atoms with Crippen LogP contribution in [-0.2, 0) is 4.79 Å². The van der Waals surface area contributed by atoms with Crippen LogP contribution in [-0.4, -0.2) is 12.2 Å². The molecule has 46 valence electrons. The van der Waals surface area contributed by atoms with Crippen molar-refractivity contribution in [2.24, 2.45) is 0 Å². The van der Waals surface area contributed by atoms with Gasteiger partial charge in [0.25, 0.3) is 0 Å². The molecule has 0 aromatic heterocycles. The molecule has 0 atom stereocenters. The van der Waals surface area contributed by atoms with Crippen molar-refractivity contribution in [2.45, 2.75) is 13.3 Å². The highest BCUT2D eigenvalue weighted by Gasteiger charge is 1.85. The second-order valence-electron chi connectivity index (χ2n) is 1.40. The Morgan fingerprint density at radius 1 is 1.75 bits per heavy atom. The third-order valence-corrected chi connectivity index (χ3v) is 1.05. The molecule has 8 heavy (non-hydrogen) atoms. The van der Waals surface area contributed by atoms with Gasteiger partial charge in [-0.1, -0.05) is 13.0 Å². The van der Waals surface area contributed by atoms with E-state index in [4.69, 9.17) is 11.6 Å². The fourth-order valence-corrected chi connectivity index (χ4v) is 0.573. The quantitative estimate of drug-likeness (QED) is 0.325. The van der Waals surface area contributed by atoms with Crippen molar-refractivity contribution < 1.29 is 4.79 Å². The lowest BCUT2D eigenvalue weighted by molar-refractivity contribution is -0.105. The summed E-state index contributed by atoms with van der Waals surface area (Å²) in [5.41, 5.74) is 0.778. The van der Waals surface area contributed by atoms with Gasteiger partial charge in [0.15, 0.2) is 0 Å². The van der Waals surface area contributed by atoms with Gasteiger partial charge in [-0.3, -0.25) is 4.79 Å². The van der Waals surface area contributed by atoms with Gasteiger partial charge in [-0.25, -0.2) is 0 Å². The van der Waals surface area contributed by atoms with E-state index in [0.29, 0.717) is 5.88 Å². The molecule has 0 spiro atoms. The first-order chi connectivity index (χ1) is 3.85. The number of halogens is 1. The summed E-state index contributed by atoms with van der Waals surface area (Å²) in [4.78, 5) is 10.00. The average Bonchev–Trinajstić information content (AvgIpc) is 1.83. The summed E-state index contributed by atoms with van der Waals surface area (Å²) in [6.07, 6.45) is 3.33. The van der Waals surface area contributed by atoms with Gasteiger partial charge in [-0.2, -0.15) is 0 Å². The molecule has 0 unspecified atom stereocenters. The van der Waals surface area contributed by atoms with E-state index in [2.05, 4.69) is 0 Å². The van der Waals surface area contributed by atoms with Crippen molar-refractivity contribution in [3.8, 4) is 0 Å². The summed E-state index contributed by atoms with van der Waals surface area (Å²) in [7, 11) is 0. The first-order valence-corrected chi connectivity index (χ1v) is 3.08. The molecule has 0 aliphatic carbocycles. The Morgan fingerprint density at radius 3 is 2.50 bits per heavy atom. The minimum absolute atomic E-state index is 0.432. The Labute approximate surface area is 54.3 Å². The molecular formula is C6H9ClO. The van der Waals surface area contributed by atoms with Crippen molar-refractivity contribution in [3.63, 3.8) is 0 Å². The highest BCUT2D eigenvalue weighted by Crippen LogP contribution is 1.95. The predicted molar refractivity (Wildman–Crippen MR) is 35.2 cm³/mol. The highest BCUT2D eigenvalue weighted by atomic mass is 35.5. The van der Waals surface area contributed by atoms with Crippen LogP contribution in [0.15, 0.2) is 11.6 Å². The molecule has 0 aromatic carbocycles. The van der Waals surface area contributed by atoms with Crippen molar-refractivity contribution in [2.75, 3.05) is 5.88 Å². The van der Waals surface area contributed by atoms with E-state index < -0.39 is 0 Å². The molecule has 2 heteroatoms. The molecule has 0 amide bonds. The molecular weight excluding hydrogens is 124 g/mol. The SMILES string of the molecule is CC/C(C=O)=C\CCl. The molecule has 0 heterocycles. The fraction of sp³-hybridized carbons (Fsp3) is 0.500. The topological polar surface area (TPSA) is 17.1 Å². The predicted octanol–water partition coefficient (Wildman–Crippen LogP) is 1.76. The lowest BCUT2D eigenvalue weighted by atomic mass is 10.2. The molecule has 0 N–H and O–H groups in total. The number of alkyl halides is 1. The third-order valence-electron chi connectivity index (χ3n) is 0.899. The summed E-state index contributed by atoms with van der Waals surface area (Å²) in [6, 6.07) is 0. The van der Waals surface area contributed by atoms with Crippen LogP contribution in [0.1, 0.15) is 13.3 Å². The first-order valence-electron chi connectivity index (χ1n) is 2.55. The molecule has 0 rings (SSSR count). The van der Waals surface area contributed by atoms with Gasteiger partial charge in [0.1, 0.15) is 6.29 Å². The molecule has 0 saturated heterocycles. The minimum Gasteiger partial charge on any atom is -0.298 e. The normalized spacial score (nSPS) is 11.5. The minimum atomic E-state index is 0.432. The largest absolute Gasteiger partial charge is 0.298 e. The number of rotatable bonds is 3. The van der Waals surface area contributed by atoms with Gasteiger partial charge in [0, 0.05) is 5.88 Å². The number of allylic oxidation sites excluding steroid dienone is 2. The Balaban J connectivity index is 3.66. The van der Waals surface area contributed by atoms with Crippen LogP contribution in [0.2, 0.25) is 0 Å². The number of hydrogen-bond acceptors (Lipinski definition) is 1. The number of carbonyl (C=O) groups is 1. The van der Waals surface area contributed by atoms with Crippen LogP contribution in [0, 0.1) is 0 Å². The second kappa shape index (κ2) is 4.85. The van der Waals surface area contributed by atoms with E-state index in [1.54, 1.807) is 6.08 Å². The van der Waals surface area contributed by atoms with Gasteiger partial charge < -0.3 is 0 Å². The average molecular weight is 133 g/mol. The molecule has 0 aromatic rings. The van der Waals surface area contributed by atoms with Gasteiger partial charge in [-0.05, 0) is 12.0 Å². The zero-order valence-electron chi connectivity index (χ0n) is 4.86. The lowest BCUT2D eigenvalue weighted by Crippen LogP contribution is -1.80. The molecule has 0 saturated carbocycles. The number of hydrogen-bond donors (Lipinski definition) is 0. The Morgan fingerprint density at radius 2 is 2.38 bits per heavy atom. The summed E-state index contributed by atoms with van der Waals surface area (Å²) < 4.78 is 0. The summed E-state index contributed by atoms with van der Waals surface area (Å²) in [5, 5.41) is 0. The second-order valence-corrected chi connectivity index (χ2v) is 1.71. The zero-order chi connectivity index (χ0) is 6.41. The first kappa shape index (κ1) is 7.70. The van der Waals surface area contributed by atoms with Gasteiger partial charge in [-0.15, -0.1) is 11.6 Å². The van der Waals surface area contributed by atoms with E-state index in [1.165, 1.54) is 0 Å². The van der Waals surface area contributed by atoms with Crippen LogP contribution < -0.4 is 0 Å². The highest BCUT2D eigenvalue weighted by molar-refractivity contribution is 6.19. The Kier molecular flexibility index (Phi) is 4.67. The van der Waals surface area contributed by atoms with Crippen molar-refractivity contribution in [1.82, 2.24) is 0 Å². The molecule has 0 bridgehead atoms. The number of carbonyl (C=O) groups excluding carboxylic acids is 1. The van der Waals surface area contributed by atoms with Crippen molar-refractivity contribution in [3.05, 3.63) is 11.6 Å². The van der Waals surface area contributed by atoms with E-state index in [9.17, 15) is 4.79 Å². The van der Waals surface area contributed by atoms with Crippen molar-refractivity contribution >= 4 is 17.9 Å². The van der Waals surface area contributed by atoms with E-state index in [1.807, 2.05) is 6.92 Å². The Bertz CT molecular complexity index is 96.7. The van der Waals surface area contributed by atoms with Crippen LogP contribution in [0.3, 0.4) is 0 Å². The lowest BCUT2D eigenvalue weighted by Gasteiger charge is -1.86. The molecule has 0 radical (unpaired) electrons. The molecule has 0 aliphatic heterocycles. The smallest absolute Gasteiger partial charge is 0.145 e. The van der Waals surface area contributed by atoms with Crippen molar-refractivity contribution in [1.29, 1.82) is 0 Å². The maximum atomic E-state index is 10.00. The molecule has 0 fully saturated rings. The van der Waals surface area contributed by atoms with Crippen LogP contribution in [0.4, 0.5) is 0 Å². The monoisotopic (exact) mass is 132 g/mol. The Hall–Kier alpha value is -0.300. The number of aldehydes is 1. The van der Waals surface area contributed by atoms with E-state index in [-0.39, 0.29) is 0 Å². The standard InChI is InChI=1S/C6H9ClO/c1-2-6(5-8)3-4-7/h3,5H,2,4H2,1H3/b6-3+. The maximum Gasteiger partial charge on any atom is 0.145 e. The van der Waals surface area contributed by atoms with Crippen LogP contribution in [0.25, 0.3) is 0 Å². The van der Waals surface area contributed by atoms with Gasteiger partial charge in [0.2, 0.25) is 0 Å². The summed E-state index contributed by atoms with van der Waals surface area (Å²) in [5.74, 6) is 0.432. The van der Waals surface area contributed by atoms with E-state index in [0.717, 1.165) is 18.3 Å². The molecule has 1 nitrogen and oxygen atoms in total. The van der Waals surface area contributed by atoms with Crippen LogP contribution in [0.5, 0.6) is 0 Å². The summed E-state index contributed by atoms with van der Waals surface area (Å²) in [6.45, 7) is 1.92. The van der Waals surface area contributed by atoms with E-state index >= 15 is 0 Å². The zero-order valence-corrected chi connectivity index (χ0v) is 5.61. The van der Waals surface area contributed by atoms with Gasteiger partial charge >= 0.3 is 0 Å². The molecule has 0 aliphatic rings. The van der Waals surface area contributed by atoms with Gasteiger partial charge in [0.05, 0.1) is 0 Å². The summed E-state index contributed by atoms with van der Waals surface area (Å²) >= 11 is 5.32. The fourth-order valence-electron chi connectivity index (χ4n) is 0.375.